The van der Waals surface area contributed by atoms with E-state index in [1.165, 1.54) is 17.7 Å². The summed E-state index contributed by atoms with van der Waals surface area (Å²) in [7, 11) is 0. The fraction of sp³-hybridized carbons (Fsp3) is 0.615. The fourth-order valence-electron chi connectivity index (χ4n) is 2.02. The van der Waals surface area contributed by atoms with E-state index in [9.17, 15) is 4.79 Å². The maximum Gasteiger partial charge on any atom is 0.236 e. The smallest absolute Gasteiger partial charge is 0.236 e. The summed E-state index contributed by atoms with van der Waals surface area (Å²) in [6, 6.07) is 4.47. The van der Waals surface area contributed by atoms with Crippen molar-refractivity contribution in [1.29, 1.82) is 0 Å². The third kappa shape index (κ3) is 3.30. The van der Waals surface area contributed by atoms with Gasteiger partial charge < -0.3 is 5.32 Å². The second-order valence-corrected chi connectivity index (χ2v) is 5.59. The Balaban J connectivity index is 1.96. The molecule has 2 atom stereocenters. The van der Waals surface area contributed by atoms with Crippen molar-refractivity contribution < 1.29 is 4.79 Å². The van der Waals surface area contributed by atoms with E-state index in [1.807, 2.05) is 13.8 Å². The first-order valence-electron chi connectivity index (χ1n) is 6.29. The Morgan fingerprint density at radius 1 is 1.59 bits per heavy atom. The van der Waals surface area contributed by atoms with Crippen LogP contribution in [0.3, 0.4) is 0 Å². The minimum Gasteiger partial charge on any atom is -0.355 e. The molecule has 1 fully saturated rings. The molecule has 0 radical (unpaired) electrons. The summed E-state index contributed by atoms with van der Waals surface area (Å²) in [6.45, 7) is 4.58. The van der Waals surface area contributed by atoms with Crippen molar-refractivity contribution in [2.24, 2.45) is 5.92 Å². The summed E-state index contributed by atoms with van der Waals surface area (Å²) < 4.78 is 0. The summed E-state index contributed by atoms with van der Waals surface area (Å²) in [5.41, 5.74) is 0. The highest BCUT2D eigenvalue weighted by molar-refractivity contribution is 7.10. The van der Waals surface area contributed by atoms with Crippen molar-refractivity contribution in [2.45, 2.75) is 38.8 Å². The van der Waals surface area contributed by atoms with Gasteiger partial charge in [0.1, 0.15) is 0 Å². The largest absolute Gasteiger partial charge is 0.355 e. The molecule has 1 amide bonds. The van der Waals surface area contributed by atoms with E-state index >= 15 is 0 Å². The Morgan fingerprint density at radius 3 is 2.88 bits per heavy atom. The summed E-state index contributed by atoms with van der Waals surface area (Å²) in [4.78, 5) is 13.1. The number of likely N-dealkylation sites (N-methyl/N-ethyl adjacent to an activating group) is 1. The van der Waals surface area contributed by atoms with Crippen LogP contribution in [0.4, 0.5) is 0 Å². The molecule has 1 aromatic rings. The van der Waals surface area contributed by atoms with Crippen molar-refractivity contribution in [3.05, 3.63) is 22.4 Å². The van der Waals surface area contributed by atoms with Gasteiger partial charge >= 0.3 is 0 Å². The van der Waals surface area contributed by atoms with Crippen LogP contribution < -0.4 is 10.6 Å². The van der Waals surface area contributed by atoms with Crippen molar-refractivity contribution in [3.8, 4) is 0 Å². The summed E-state index contributed by atoms with van der Waals surface area (Å²) >= 11 is 1.77. The minimum absolute atomic E-state index is 0.0923. The zero-order valence-corrected chi connectivity index (χ0v) is 11.2. The maximum absolute atomic E-state index is 11.7. The van der Waals surface area contributed by atoms with Gasteiger partial charge in [-0.05, 0) is 44.1 Å². The van der Waals surface area contributed by atoms with Gasteiger partial charge in [0.15, 0.2) is 0 Å². The monoisotopic (exact) mass is 252 g/mol. The van der Waals surface area contributed by atoms with E-state index in [-0.39, 0.29) is 11.9 Å². The number of thiophene rings is 1. The first kappa shape index (κ1) is 12.6. The van der Waals surface area contributed by atoms with Crippen molar-refractivity contribution in [3.63, 3.8) is 0 Å². The number of nitrogens with one attached hydrogen (secondary N) is 2. The lowest BCUT2D eigenvalue weighted by Gasteiger charge is -2.21. The van der Waals surface area contributed by atoms with Crippen LogP contribution in [0.2, 0.25) is 0 Å². The first-order valence-corrected chi connectivity index (χ1v) is 7.17. The fourth-order valence-corrected chi connectivity index (χ4v) is 2.90. The summed E-state index contributed by atoms with van der Waals surface area (Å²) in [5, 5.41) is 8.42. The zero-order chi connectivity index (χ0) is 12.3. The molecule has 0 bridgehead atoms. The third-order valence-electron chi connectivity index (χ3n) is 3.12. The SMILES string of the molecule is CCNC(=O)C(C)NC(c1cccs1)C1CC1. The van der Waals surface area contributed by atoms with Gasteiger partial charge in [0.2, 0.25) is 5.91 Å². The molecule has 2 rings (SSSR count). The van der Waals surface area contributed by atoms with Crippen molar-refractivity contribution >= 4 is 17.2 Å². The van der Waals surface area contributed by atoms with Crippen LogP contribution in [0.15, 0.2) is 17.5 Å². The molecule has 94 valence electrons. The number of hydrogen-bond donors (Lipinski definition) is 2. The van der Waals surface area contributed by atoms with Gasteiger partial charge in [-0.15, -0.1) is 11.3 Å². The molecule has 0 spiro atoms. The van der Waals surface area contributed by atoms with Crippen LogP contribution in [0, 0.1) is 5.92 Å². The molecule has 0 aliphatic heterocycles. The van der Waals surface area contributed by atoms with Gasteiger partial charge in [0.25, 0.3) is 0 Å². The highest BCUT2D eigenvalue weighted by Gasteiger charge is 2.34. The third-order valence-corrected chi connectivity index (χ3v) is 4.07. The normalized spacial score (nSPS) is 18.7. The molecule has 1 aromatic heterocycles. The van der Waals surface area contributed by atoms with Gasteiger partial charge in [-0.1, -0.05) is 6.07 Å². The van der Waals surface area contributed by atoms with Gasteiger partial charge in [-0.2, -0.15) is 0 Å². The van der Waals surface area contributed by atoms with E-state index in [0.717, 1.165) is 0 Å². The second-order valence-electron chi connectivity index (χ2n) is 4.61. The Bertz CT molecular complexity index is 360. The standard InChI is InChI=1S/C13H20N2OS/c1-3-14-13(16)9(2)15-12(10-6-7-10)11-5-4-8-17-11/h4-5,8-10,12,15H,3,6-7H2,1-2H3,(H,14,16). The van der Waals surface area contributed by atoms with Crippen LogP contribution in [-0.4, -0.2) is 18.5 Å². The predicted molar refractivity (Wildman–Crippen MR) is 71.1 cm³/mol. The Morgan fingerprint density at radius 2 is 2.35 bits per heavy atom. The van der Waals surface area contributed by atoms with E-state index < -0.39 is 0 Å². The molecule has 1 aliphatic carbocycles. The number of carbonyl (C=O) groups excluding carboxylic acids is 1. The minimum atomic E-state index is -0.123. The molecule has 2 unspecified atom stereocenters. The molecule has 0 saturated heterocycles. The highest BCUT2D eigenvalue weighted by atomic mass is 32.1. The van der Waals surface area contributed by atoms with E-state index in [2.05, 4.69) is 28.1 Å². The first-order chi connectivity index (χ1) is 8.22. The molecule has 3 nitrogen and oxygen atoms in total. The lowest BCUT2D eigenvalue weighted by Crippen LogP contribution is -2.43. The quantitative estimate of drug-likeness (QED) is 0.816. The average molecular weight is 252 g/mol. The van der Waals surface area contributed by atoms with Crippen LogP contribution in [-0.2, 0) is 4.79 Å². The van der Waals surface area contributed by atoms with E-state index in [0.29, 0.717) is 18.5 Å². The van der Waals surface area contributed by atoms with Gasteiger partial charge in [-0.3, -0.25) is 10.1 Å². The van der Waals surface area contributed by atoms with Crippen LogP contribution in [0.5, 0.6) is 0 Å². The molecule has 17 heavy (non-hydrogen) atoms. The van der Waals surface area contributed by atoms with E-state index in [1.54, 1.807) is 11.3 Å². The molecule has 1 saturated carbocycles. The zero-order valence-electron chi connectivity index (χ0n) is 10.4. The summed E-state index contributed by atoms with van der Waals surface area (Å²) in [6.07, 6.45) is 2.55. The lowest BCUT2D eigenvalue weighted by atomic mass is 10.1. The molecule has 1 aliphatic rings. The second kappa shape index (κ2) is 5.65. The number of hydrogen-bond acceptors (Lipinski definition) is 3. The molecular formula is C13H20N2OS. The molecule has 0 aromatic carbocycles. The molecule has 4 heteroatoms. The predicted octanol–water partition coefficient (Wildman–Crippen LogP) is 2.31. The Hall–Kier alpha value is -0.870. The Kier molecular flexibility index (Phi) is 4.18. The van der Waals surface area contributed by atoms with Crippen LogP contribution in [0.25, 0.3) is 0 Å². The van der Waals surface area contributed by atoms with Crippen LogP contribution in [0.1, 0.15) is 37.6 Å². The lowest BCUT2D eigenvalue weighted by molar-refractivity contribution is -0.122. The molecular weight excluding hydrogens is 232 g/mol. The van der Waals surface area contributed by atoms with Gasteiger partial charge in [-0.25, -0.2) is 0 Å². The van der Waals surface area contributed by atoms with Crippen molar-refractivity contribution in [2.75, 3.05) is 6.54 Å². The average Bonchev–Trinajstić information content (AvgIpc) is 3.01. The number of carbonyl (C=O) groups is 1. The summed E-state index contributed by atoms with van der Waals surface area (Å²) in [5.74, 6) is 0.806. The highest BCUT2D eigenvalue weighted by Crippen LogP contribution is 2.42. The van der Waals surface area contributed by atoms with Crippen molar-refractivity contribution in [1.82, 2.24) is 10.6 Å². The maximum atomic E-state index is 11.7. The molecule has 1 heterocycles. The topological polar surface area (TPSA) is 41.1 Å². The molecule has 2 N–H and O–H groups in total. The number of rotatable bonds is 6. The van der Waals surface area contributed by atoms with Gasteiger partial charge in [0, 0.05) is 17.5 Å². The van der Waals surface area contributed by atoms with Crippen LogP contribution >= 0.6 is 11.3 Å². The van der Waals surface area contributed by atoms with E-state index in [4.69, 9.17) is 0 Å². The van der Waals surface area contributed by atoms with Gasteiger partial charge in [0.05, 0.1) is 6.04 Å². The Labute approximate surface area is 107 Å². The number of amides is 1.